The molecule has 120 valence electrons. The van der Waals surface area contributed by atoms with Crippen molar-refractivity contribution in [3.05, 3.63) is 12.4 Å². The van der Waals surface area contributed by atoms with Crippen LogP contribution in [0.1, 0.15) is 13.8 Å². The first-order valence-corrected chi connectivity index (χ1v) is 9.93. The fraction of sp³-hybridized carbons (Fsp3) is 0.750. The Morgan fingerprint density at radius 1 is 1.38 bits per heavy atom. The summed E-state index contributed by atoms with van der Waals surface area (Å²) in [7, 11) is -4.40. The summed E-state index contributed by atoms with van der Waals surface area (Å²) in [4.78, 5) is 0.208. The van der Waals surface area contributed by atoms with Crippen LogP contribution in [0, 0.1) is 0 Å². The first-order chi connectivity index (χ1) is 9.89. The van der Waals surface area contributed by atoms with E-state index in [1.54, 1.807) is 10.9 Å². The molecule has 21 heavy (non-hydrogen) atoms. The van der Waals surface area contributed by atoms with Crippen LogP contribution < -0.4 is 5.32 Å². The van der Waals surface area contributed by atoms with E-state index in [9.17, 15) is 12.6 Å². The molecule has 9 heteroatoms. The quantitative estimate of drug-likeness (QED) is 0.768. The highest BCUT2D eigenvalue weighted by Gasteiger charge is 2.29. The van der Waals surface area contributed by atoms with Crippen molar-refractivity contribution in [2.45, 2.75) is 31.3 Å². The Bertz CT molecular complexity index is 587. The third-order valence-electron chi connectivity index (χ3n) is 3.28. The molecule has 1 aromatic rings. The zero-order valence-corrected chi connectivity index (χ0v) is 14.0. The fourth-order valence-electron chi connectivity index (χ4n) is 2.08. The van der Waals surface area contributed by atoms with Crippen molar-refractivity contribution in [1.29, 1.82) is 0 Å². The van der Waals surface area contributed by atoms with Gasteiger partial charge < -0.3 is 5.32 Å². The van der Waals surface area contributed by atoms with Crippen LogP contribution in [0.25, 0.3) is 0 Å². The van der Waals surface area contributed by atoms with E-state index < -0.39 is 20.8 Å². The van der Waals surface area contributed by atoms with E-state index in [1.165, 1.54) is 10.5 Å². The number of nitrogens with zero attached hydrogens (tertiary/aromatic N) is 3. The Hall–Kier alpha value is -0.770. The summed E-state index contributed by atoms with van der Waals surface area (Å²) in [5.41, 5.74) is 0. The van der Waals surface area contributed by atoms with Gasteiger partial charge in [-0.15, -0.1) is 0 Å². The number of aromatic nitrogens is 2. The monoisotopic (exact) mass is 334 g/mol. The van der Waals surface area contributed by atoms with Gasteiger partial charge in [0.15, 0.2) is 0 Å². The van der Waals surface area contributed by atoms with Crippen LogP contribution in [-0.4, -0.2) is 63.9 Å². The predicted molar refractivity (Wildman–Crippen MR) is 82.0 cm³/mol. The van der Waals surface area contributed by atoms with Crippen LogP contribution in [0.2, 0.25) is 0 Å². The van der Waals surface area contributed by atoms with Crippen LogP contribution >= 0.6 is 0 Å². The van der Waals surface area contributed by atoms with Crippen molar-refractivity contribution in [3.63, 3.8) is 0 Å². The summed E-state index contributed by atoms with van der Waals surface area (Å²) in [5.74, 6) is 0.817. The van der Waals surface area contributed by atoms with Gasteiger partial charge in [-0.05, 0) is 0 Å². The third kappa shape index (κ3) is 4.35. The summed E-state index contributed by atoms with van der Waals surface area (Å²) in [6.07, 6.45) is 2.94. The molecule has 1 aliphatic rings. The smallest absolute Gasteiger partial charge is 0.246 e. The summed E-state index contributed by atoms with van der Waals surface area (Å²) in [6.45, 7) is 6.10. The van der Waals surface area contributed by atoms with Gasteiger partial charge in [0.25, 0.3) is 0 Å². The van der Waals surface area contributed by atoms with Crippen LogP contribution in [0.5, 0.6) is 0 Å². The molecular formula is C12H22N4O3S2. The van der Waals surface area contributed by atoms with E-state index >= 15 is 0 Å². The number of sulfonamides is 1. The van der Waals surface area contributed by atoms with Crippen LogP contribution in [-0.2, 0) is 27.4 Å². The van der Waals surface area contributed by atoms with Gasteiger partial charge in [0, 0.05) is 54.2 Å². The average Bonchev–Trinajstić information content (AvgIpc) is 2.88. The van der Waals surface area contributed by atoms with E-state index in [0.717, 1.165) is 6.54 Å². The number of hydrogen-bond donors (Lipinski definition) is 1. The second-order valence-electron chi connectivity index (χ2n) is 5.30. The first kappa shape index (κ1) is 16.6. The standard InChI is InChI=1S/C12H22N4O3S2/c1-11(2)13-3-4-15-10-12(9-14-15)21(18,19)16-5-7-20(17)8-6-16/h9-11,13H,3-8H2,1-2H3. The number of rotatable bonds is 6. The van der Waals surface area contributed by atoms with E-state index in [0.29, 0.717) is 37.2 Å². The van der Waals surface area contributed by atoms with Gasteiger partial charge in [-0.3, -0.25) is 8.89 Å². The maximum absolute atomic E-state index is 12.4. The minimum absolute atomic E-state index is 0.208. The van der Waals surface area contributed by atoms with E-state index in [1.807, 2.05) is 0 Å². The van der Waals surface area contributed by atoms with E-state index in [4.69, 9.17) is 0 Å². The second kappa shape index (κ2) is 6.99. The molecular weight excluding hydrogens is 312 g/mol. The van der Waals surface area contributed by atoms with Gasteiger partial charge in [0.05, 0.1) is 12.7 Å². The van der Waals surface area contributed by atoms with Crippen LogP contribution in [0.15, 0.2) is 17.3 Å². The summed E-state index contributed by atoms with van der Waals surface area (Å²) < 4.78 is 39.2. The Morgan fingerprint density at radius 2 is 2.05 bits per heavy atom. The zero-order valence-electron chi connectivity index (χ0n) is 12.4. The van der Waals surface area contributed by atoms with Gasteiger partial charge in [-0.25, -0.2) is 8.42 Å². The van der Waals surface area contributed by atoms with Crippen molar-refractivity contribution in [2.75, 3.05) is 31.1 Å². The minimum Gasteiger partial charge on any atom is -0.313 e. The Kier molecular flexibility index (Phi) is 5.53. The Balaban J connectivity index is 2.00. The lowest BCUT2D eigenvalue weighted by atomic mass is 10.4. The molecule has 0 bridgehead atoms. The minimum atomic E-state index is -3.51. The van der Waals surface area contributed by atoms with Gasteiger partial charge >= 0.3 is 0 Å². The lowest BCUT2D eigenvalue weighted by Crippen LogP contribution is -2.41. The Morgan fingerprint density at radius 3 is 2.67 bits per heavy atom. The van der Waals surface area contributed by atoms with Gasteiger partial charge in [0.1, 0.15) is 4.90 Å². The van der Waals surface area contributed by atoms with Crippen molar-refractivity contribution in [2.24, 2.45) is 0 Å². The van der Waals surface area contributed by atoms with E-state index in [2.05, 4.69) is 24.3 Å². The SMILES string of the molecule is CC(C)NCCn1cc(S(=O)(=O)N2CCS(=O)CC2)cn1. The van der Waals surface area contributed by atoms with Gasteiger partial charge in [-0.2, -0.15) is 9.40 Å². The third-order valence-corrected chi connectivity index (χ3v) is 6.40. The predicted octanol–water partition coefficient (Wildman–Crippen LogP) is -0.366. The highest BCUT2D eigenvalue weighted by atomic mass is 32.2. The lowest BCUT2D eigenvalue weighted by molar-refractivity contribution is 0.438. The highest BCUT2D eigenvalue weighted by molar-refractivity contribution is 7.89. The molecule has 0 atom stereocenters. The molecule has 1 aliphatic heterocycles. The molecule has 0 amide bonds. The molecule has 1 N–H and O–H groups in total. The normalized spacial score (nSPS) is 18.4. The molecule has 0 radical (unpaired) electrons. The summed E-state index contributed by atoms with van der Waals surface area (Å²) in [5, 5.41) is 7.36. The van der Waals surface area contributed by atoms with Crippen molar-refractivity contribution in [3.8, 4) is 0 Å². The maximum Gasteiger partial charge on any atom is 0.246 e. The molecule has 1 fully saturated rings. The van der Waals surface area contributed by atoms with Crippen molar-refractivity contribution in [1.82, 2.24) is 19.4 Å². The van der Waals surface area contributed by atoms with Gasteiger partial charge in [0.2, 0.25) is 10.0 Å². The fourth-order valence-corrected chi connectivity index (χ4v) is 4.76. The summed E-state index contributed by atoms with van der Waals surface area (Å²) >= 11 is 0. The Labute approximate surface area is 128 Å². The molecule has 0 unspecified atom stereocenters. The zero-order chi connectivity index (χ0) is 15.5. The molecule has 0 aliphatic carbocycles. The molecule has 0 spiro atoms. The largest absolute Gasteiger partial charge is 0.313 e. The van der Waals surface area contributed by atoms with Gasteiger partial charge in [-0.1, -0.05) is 13.8 Å². The molecule has 0 aromatic carbocycles. The first-order valence-electron chi connectivity index (χ1n) is 7.00. The van der Waals surface area contributed by atoms with E-state index in [-0.39, 0.29) is 4.90 Å². The van der Waals surface area contributed by atoms with Crippen molar-refractivity contribution >= 4 is 20.8 Å². The number of hydrogen-bond acceptors (Lipinski definition) is 5. The molecule has 1 saturated heterocycles. The molecule has 7 nitrogen and oxygen atoms in total. The topological polar surface area (TPSA) is 84.3 Å². The highest BCUT2D eigenvalue weighted by Crippen LogP contribution is 2.16. The molecule has 0 saturated carbocycles. The van der Waals surface area contributed by atoms with Crippen molar-refractivity contribution < 1.29 is 12.6 Å². The second-order valence-corrected chi connectivity index (χ2v) is 8.93. The van der Waals surface area contributed by atoms with Crippen LogP contribution in [0.4, 0.5) is 0 Å². The summed E-state index contributed by atoms with van der Waals surface area (Å²) in [6, 6.07) is 0.387. The molecule has 1 aromatic heterocycles. The lowest BCUT2D eigenvalue weighted by Gasteiger charge is -2.24. The van der Waals surface area contributed by atoms with Crippen LogP contribution in [0.3, 0.4) is 0 Å². The molecule has 2 heterocycles. The molecule has 2 rings (SSSR count). The maximum atomic E-state index is 12.4. The average molecular weight is 334 g/mol. The number of nitrogens with one attached hydrogen (secondary N) is 1.